The Hall–Kier alpha value is -4.65. The molecule has 1 aliphatic rings. The number of amides is 3. The summed E-state index contributed by atoms with van der Waals surface area (Å²) in [4.78, 5) is 40.6. The van der Waals surface area contributed by atoms with Crippen LogP contribution in [0.25, 0.3) is 10.8 Å². The van der Waals surface area contributed by atoms with Gasteiger partial charge in [0.25, 0.3) is 0 Å². The van der Waals surface area contributed by atoms with Gasteiger partial charge in [0.2, 0.25) is 11.8 Å². The van der Waals surface area contributed by atoms with Gasteiger partial charge < -0.3 is 15.8 Å². The Morgan fingerprint density at radius 3 is 2.34 bits per heavy atom. The third-order valence-electron chi connectivity index (χ3n) is 6.95. The summed E-state index contributed by atoms with van der Waals surface area (Å²) in [6.07, 6.45) is -0.0416. The molecule has 5 rings (SSSR count). The first-order valence-corrected chi connectivity index (χ1v) is 12.6. The molecule has 4 aromatic rings. The van der Waals surface area contributed by atoms with Gasteiger partial charge in [0, 0.05) is 12.8 Å². The third kappa shape index (κ3) is 5.52. The van der Waals surface area contributed by atoms with Crippen LogP contribution in [0.3, 0.4) is 0 Å². The number of hydrogen-bond acceptors (Lipinski definition) is 4. The lowest BCUT2D eigenvalue weighted by Crippen LogP contribution is -2.56. The normalized spacial score (nSPS) is 15.4. The summed E-state index contributed by atoms with van der Waals surface area (Å²) < 4.78 is 5.57. The summed E-state index contributed by atoms with van der Waals surface area (Å²) in [7, 11) is 0. The van der Waals surface area contributed by atoms with Crippen LogP contribution in [0, 0.1) is 0 Å². The molecule has 0 saturated carbocycles. The Balaban J connectivity index is 1.36. The zero-order valence-electron chi connectivity index (χ0n) is 20.9. The zero-order valence-corrected chi connectivity index (χ0v) is 20.9. The van der Waals surface area contributed by atoms with Gasteiger partial charge in [-0.3, -0.25) is 14.5 Å². The van der Waals surface area contributed by atoms with Crippen LogP contribution in [0.5, 0.6) is 0 Å². The highest BCUT2D eigenvalue weighted by molar-refractivity contribution is 5.92. The van der Waals surface area contributed by atoms with E-state index in [4.69, 9.17) is 10.5 Å². The maximum absolute atomic E-state index is 13.6. The predicted octanol–water partition coefficient (Wildman–Crippen LogP) is 4.12. The molecule has 1 aliphatic heterocycles. The minimum absolute atomic E-state index is 0.0944. The van der Waals surface area contributed by atoms with Crippen LogP contribution in [0.1, 0.15) is 22.3 Å². The van der Waals surface area contributed by atoms with E-state index in [1.54, 1.807) is 0 Å². The number of fused-ring (bicyclic) bond motifs is 2. The fourth-order valence-electron chi connectivity index (χ4n) is 4.93. The van der Waals surface area contributed by atoms with E-state index in [2.05, 4.69) is 5.32 Å². The molecule has 3 N–H and O–H groups in total. The lowest BCUT2D eigenvalue weighted by atomic mass is 9.93. The highest BCUT2D eigenvalue weighted by Gasteiger charge is 2.37. The number of ether oxygens (including phenoxy) is 1. The van der Waals surface area contributed by atoms with Gasteiger partial charge in [-0.1, -0.05) is 97.1 Å². The molecule has 0 spiro atoms. The monoisotopic (exact) mass is 507 g/mol. The fraction of sp³-hybridized carbons (Fsp3) is 0.194. The van der Waals surface area contributed by atoms with Crippen LogP contribution in [-0.2, 0) is 40.3 Å². The minimum atomic E-state index is -0.937. The summed E-state index contributed by atoms with van der Waals surface area (Å²) in [5.74, 6) is -1.08. The van der Waals surface area contributed by atoms with Gasteiger partial charge >= 0.3 is 6.09 Å². The standard InChI is InChI=1S/C31H29N3O4/c32-29(35)27(17-24-15-8-14-22-11-6-7-16-26(22)24)33-30(36)28-18-23-12-4-5-13-25(23)19-34(28)31(37)38-20-21-9-2-1-3-10-21/h1-16,27-28H,17-20H2,(H2,32,35)(H,33,36)/t27-,28-/m0/s1. The molecule has 0 aliphatic carbocycles. The van der Waals surface area contributed by atoms with E-state index in [0.717, 1.165) is 33.0 Å². The van der Waals surface area contributed by atoms with Crippen LogP contribution >= 0.6 is 0 Å². The number of benzene rings is 4. The molecule has 38 heavy (non-hydrogen) atoms. The van der Waals surface area contributed by atoms with Crippen molar-refractivity contribution in [3.8, 4) is 0 Å². The van der Waals surface area contributed by atoms with E-state index in [-0.39, 0.29) is 19.6 Å². The van der Waals surface area contributed by atoms with Crippen LogP contribution in [0.4, 0.5) is 4.79 Å². The molecule has 7 heteroatoms. The maximum atomic E-state index is 13.6. The van der Waals surface area contributed by atoms with E-state index in [1.165, 1.54) is 4.90 Å². The number of hydrogen-bond donors (Lipinski definition) is 2. The molecule has 1 heterocycles. The number of nitrogens with two attached hydrogens (primary N) is 1. The molecule has 0 aromatic heterocycles. The average Bonchev–Trinajstić information content (AvgIpc) is 2.95. The van der Waals surface area contributed by atoms with Crippen LogP contribution in [0.2, 0.25) is 0 Å². The molecule has 2 atom stereocenters. The molecule has 0 fully saturated rings. The van der Waals surface area contributed by atoms with Crippen LogP contribution < -0.4 is 11.1 Å². The number of rotatable bonds is 7. The van der Waals surface area contributed by atoms with Gasteiger partial charge in [0.15, 0.2) is 0 Å². The first-order chi connectivity index (χ1) is 18.5. The van der Waals surface area contributed by atoms with Crippen molar-refractivity contribution in [3.63, 3.8) is 0 Å². The average molecular weight is 508 g/mol. The van der Waals surface area contributed by atoms with Crippen molar-refractivity contribution < 1.29 is 19.1 Å². The molecule has 0 unspecified atom stereocenters. The van der Waals surface area contributed by atoms with Gasteiger partial charge in [0.1, 0.15) is 18.7 Å². The summed E-state index contributed by atoms with van der Waals surface area (Å²) in [5, 5.41) is 4.86. The third-order valence-corrected chi connectivity index (χ3v) is 6.95. The molecule has 0 radical (unpaired) electrons. The molecule has 3 amide bonds. The van der Waals surface area contributed by atoms with Gasteiger partial charge in [-0.15, -0.1) is 0 Å². The smallest absolute Gasteiger partial charge is 0.411 e. The predicted molar refractivity (Wildman–Crippen MR) is 145 cm³/mol. The van der Waals surface area contributed by atoms with Crippen molar-refractivity contribution in [1.29, 1.82) is 0 Å². The Labute approximate surface area is 221 Å². The van der Waals surface area contributed by atoms with Crippen molar-refractivity contribution >= 4 is 28.7 Å². The number of carbonyl (C=O) groups is 3. The lowest BCUT2D eigenvalue weighted by molar-refractivity contribution is -0.131. The quantitative estimate of drug-likeness (QED) is 0.393. The second-order valence-corrected chi connectivity index (χ2v) is 9.46. The van der Waals surface area contributed by atoms with E-state index in [1.807, 2.05) is 97.1 Å². The molecule has 0 saturated heterocycles. The largest absolute Gasteiger partial charge is 0.445 e. The van der Waals surface area contributed by atoms with Crippen molar-refractivity contribution in [1.82, 2.24) is 10.2 Å². The topological polar surface area (TPSA) is 102 Å². The van der Waals surface area contributed by atoms with Gasteiger partial charge in [-0.05, 0) is 33.0 Å². The summed E-state index contributed by atoms with van der Waals surface area (Å²) in [6, 6.07) is 29.0. The molecule has 7 nitrogen and oxygen atoms in total. The highest BCUT2D eigenvalue weighted by atomic mass is 16.6. The highest BCUT2D eigenvalue weighted by Crippen LogP contribution is 2.25. The SMILES string of the molecule is NC(=O)[C@H](Cc1cccc2ccccc12)NC(=O)[C@@H]1Cc2ccccc2CN1C(=O)OCc1ccccc1. The minimum Gasteiger partial charge on any atom is -0.445 e. The van der Waals surface area contributed by atoms with E-state index in [0.29, 0.717) is 6.42 Å². The molecule has 4 aromatic carbocycles. The van der Waals surface area contributed by atoms with Crippen molar-refractivity contribution in [2.24, 2.45) is 5.73 Å². The number of nitrogens with zero attached hydrogens (tertiary/aromatic N) is 1. The van der Waals surface area contributed by atoms with Gasteiger partial charge in [-0.25, -0.2) is 4.79 Å². The van der Waals surface area contributed by atoms with Gasteiger partial charge in [-0.2, -0.15) is 0 Å². The first-order valence-electron chi connectivity index (χ1n) is 12.6. The second kappa shape index (κ2) is 11.2. The molecule has 192 valence electrons. The van der Waals surface area contributed by atoms with Crippen molar-refractivity contribution in [3.05, 3.63) is 119 Å². The Bertz CT molecular complexity index is 1470. The maximum Gasteiger partial charge on any atom is 0.411 e. The molecular weight excluding hydrogens is 478 g/mol. The Morgan fingerprint density at radius 2 is 1.55 bits per heavy atom. The zero-order chi connectivity index (χ0) is 26.5. The van der Waals surface area contributed by atoms with Crippen LogP contribution in [-0.4, -0.2) is 34.9 Å². The lowest BCUT2D eigenvalue weighted by Gasteiger charge is -2.35. The first kappa shape index (κ1) is 25.0. The summed E-state index contributed by atoms with van der Waals surface area (Å²) in [6.45, 7) is 0.323. The Kier molecular flexibility index (Phi) is 7.35. The van der Waals surface area contributed by atoms with E-state index in [9.17, 15) is 14.4 Å². The van der Waals surface area contributed by atoms with Crippen molar-refractivity contribution in [2.75, 3.05) is 0 Å². The van der Waals surface area contributed by atoms with Crippen LogP contribution in [0.15, 0.2) is 97.1 Å². The number of primary amides is 1. The van der Waals surface area contributed by atoms with Crippen molar-refractivity contribution in [2.45, 2.75) is 38.1 Å². The fourth-order valence-corrected chi connectivity index (χ4v) is 4.93. The van der Waals surface area contributed by atoms with E-state index < -0.39 is 30.0 Å². The summed E-state index contributed by atoms with van der Waals surface area (Å²) in [5.41, 5.74) is 9.41. The summed E-state index contributed by atoms with van der Waals surface area (Å²) >= 11 is 0. The molecule has 0 bridgehead atoms. The Morgan fingerprint density at radius 1 is 0.868 bits per heavy atom. The second-order valence-electron chi connectivity index (χ2n) is 9.46. The number of nitrogens with one attached hydrogen (secondary N) is 1. The number of carbonyl (C=O) groups excluding carboxylic acids is 3. The molecular formula is C31H29N3O4. The van der Waals surface area contributed by atoms with E-state index >= 15 is 0 Å². The van der Waals surface area contributed by atoms with Gasteiger partial charge in [0.05, 0.1) is 6.54 Å².